The fourth-order valence-electron chi connectivity index (χ4n) is 3.18. The topological polar surface area (TPSA) is 71.1 Å². The van der Waals surface area contributed by atoms with Gasteiger partial charge in [0.15, 0.2) is 18.1 Å². The van der Waals surface area contributed by atoms with Crippen LogP contribution in [0, 0.1) is 0 Å². The predicted molar refractivity (Wildman–Crippen MR) is 112 cm³/mol. The number of halogens is 1. The Morgan fingerprint density at radius 1 is 1.07 bits per heavy atom. The van der Waals surface area contributed by atoms with Crippen LogP contribution in [0.1, 0.15) is 10.4 Å². The summed E-state index contributed by atoms with van der Waals surface area (Å²) < 4.78 is 10.8. The van der Waals surface area contributed by atoms with Crippen molar-refractivity contribution in [2.75, 3.05) is 51.8 Å². The first-order valence-corrected chi connectivity index (χ1v) is 9.71. The third-order valence-electron chi connectivity index (χ3n) is 4.81. The van der Waals surface area contributed by atoms with E-state index in [9.17, 15) is 9.59 Å². The van der Waals surface area contributed by atoms with Gasteiger partial charge in [-0.1, -0.05) is 23.7 Å². The molecule has 1 saturated heterocycles. The van der Waals surface area contributed by atoms with Gasteiger partial charge >= 0.3 is 0 Å². The third kappa shape index (κ3) is 4.92. The number of carbonyl (C=O) groups is 2. The minimum Gasteiger partial charge on any atom is -0.493 e. The van der Waals surface area contributed by atoms with E-state index in [1.165, 1.54) is 14.2 Å². The second-order valence-corrected chi connectivity index (χ2v) is 6.97. The van der Waals surface area contributed by atoms with Crippen LogP contribution in [0.4, 0.5) is 5.69 Å². The Balaban J connectivity index is 1.65. The van der Waals surface area contributed by atoms with Crippen LogP contribution in [0.3, 0.4) is 0 Å². The van der Waals surface area contributed by atoms with Crippen molar-refractivity contribution in [1.29, 1.82) is 0 Å². The Morgan fingerprint density at radius 3 is 2.45 bits per heavy atom. The number of hydrogen-bond donors (Lipinski definition) is 1. The van der Waals surface area contributed by atoms with Crippen LogP contribution in [0.15, 0.2) is 42.5 Å². The molecule has 1 aliphatic heterocycles. The maximum atomic E-state index is 12.9. The zero-order valence-electron chi connectivity index (χ0n) is 16.5. The molecule has 0 radical (unpaired) electrons. The van der Waals surface area contributed by atoms with Gasteiger partial charge in [-0.05, 0) is 30.3 Å². The molecule has 8 heteroatoms. The van der Waals surface area contributed by atoms with Crippen molar-refractivity contribution < 1.29 is 19.1 Å². The summed E-state index contributed by atoms with van der Waals surface area (Å²) in [6, 6.07) is 12.7. The first-order valence-electron chi connectivity index (χ1n) is 9.33. The molecule has 0 atom stereocenters. The molecule has 2 amide bonds. The minimum absolute atomic E-state index is 0.0695. The quantitative estimate of drug-likeness (QED) is 0.781. The average Bonchev–Trinajstić information content (AvgIpc) is 2.77. The normalized spacial score (nSPS) is 13.8. The lowest BCUT2D eigenvalue weighted by Gasteiger charge is -2.36. The molecule has 0 aromatic heterocycles. The van der Waals surface area contributed by atoms with Crippen LogP contribution in [-0.2, 0) is 4.79 Å². The molecule has 1 heterocycles. The highest BCUT2D eigenvalue weighted by Crippen LogP contribution is 2.29. The van der Waals surface area contributed by atoms with Crippen molar-refractivity contribution in [2.45, 2.75) is 0 Å². The Bertz CT molecular complexity index is 882. The zero-order valence-corrected chi connectivity index (χ0v) is 17.2. The molecular formula is C21H24ClN3O4. The van der Waals surface area contributed by atoms with E-state index < -0.39 is 0 Å². The van der Waals surface area contributed by atoms with E-state index in [1.807, 2.05) is 29.2 Å². The van der Waals surface area contributed by atoms with Gasteiger partial charge in [-0.25, -0.2) is 0 Å². The number of amides is 2. The summed E-state index contributed by atoms with van der Waals surface area (Å²) in [6.45, 7) is 2.49. The molecule has 154 valence electrons. The summed E-state index contributed by atoms with van der Waals surface area (Å²) in [6.07, 6.45) is 0. The molecule has 0 unspecified atom stereocenters. The number of para-hydroxylation sites is 1. The molecule has 2 aromatic rings. The van der Waals surface area contributed by atoms with Gasteiger partial charge in [0.1, 0.15) is 0 Å². The van der Waals surface area contributed by atoms with Crippen LogP contribution < -0.4 is 19.7 Å². The lowest BCUT2D eigenvalue weighted by atomic mass is 10.1. The highest BCUT2D eigenvalue weighted by Gasteiger charge is 2.24. The van der Waals surface area contributed by atoms with Gasteiger partial charge in [-0.2, -0.15) is 0 Å². The fourth-order valence-corrected chi connectivity index (χ4v) is 3.43. The van der Waals surface area contributed by atoms with Gasteiger partial charge in [-0.3, -0.25) is 9.59 Å². The standard InChI is InChI=1S/C21H24ClN3O4/c1-23-20(26)14-29-18-8-7-15(13-19(18)28-2)21(27)25-11-9-24(10-12-25)17-6-4-3-5-16(17)22/h3-8,13H,9-12,14H2,1-2H3,(H,23,26). The molecule has 0 bridgehead atoms. The monoisotopic (exact) mass is 417 g/mol. The van der Waals surface area contributed by atoms with Crippen LogP contribution in [-0.4, -0.2) is 63.7 Å². The Kier molecular flexibility index (Phi) is 6.82. The van der Waals surface area contributed by atoms with Crippen LogP contribution >= 0.6 is 11.6 Å². The van der Waals surface area contributed by atoms with E-state index in [2.05, 4.69) is 10.2 Å². The van der Waals surface area contributed by atoms with Gasteiger partial charge in [0.25, 0.3) is 11.8 Å². The Hall–Kier alpha value is -2.93. The second-order valence-electron chi connectivity index (χ2n) is 6.56. The number of anilines is 1. The Labute approximate surface area is 175 Å². The number of likely N-dealkylation sites (N-methyl/N-ethyl adjacent to an activating group) is 1. The summed E-state index contributed by atoms with van der Waals surface area (Å²) in [5.74, 6) is 0.509. The van der Waals surface area contributed by atoms with Gasteiger partial charge < -0.3 is 24.6 Å². The minimum atomic E-state index is -0.247. The highest BCUT2D eigenvalue weighted by atomic mass is 35.5. The molecule has 0 aliphatic carbocycles. The molecule has 7 nitrogen and oxygen atoms in total. The van der Waals surface area contributed by atoms with E-state index in [-0.39, 0.29) is 18.4 Å². The number of ether oxygens (including phenoxy) is 2. The van der Waals surface area contributed by atoms with Crippen molar-refractivity contribution in [3.8, 4) is 11.5 Å². The van der Waals surface area contributed by atoms with Crippen molar-refractivity contribution in [3.63, 3.8) is 0 Å². The first-order chi connectivity index (χ1) is 14.0. The van der Waals surface area contributed by atoms with Gasteiger partial charge in [0.05, 0.1) is 17.8 Å². The maximum absolute atomic E-state index is 12.9. The lowest BCUT2D eigenvalue weighted by Crippen LogP contribution is -2.48. The Morgan fingerprint density at radius 2 is 1.79 bits per heavy atom. The van der Waals surface area contributed by atoms with Gasteiger partial charge in [-0.15, -0.1) is 0 Å². The van der Waals surface area contributed by atoms with E-state index in [0.29, 0.717) is 48.3 Å². The molecule has 1 aliphatic rings. The maximum Gasteiger partial charge on any atom is 0.257 e. The first kappa shape index (κ1) is 20.8. The summed E-state index contributed by atoms with van der Waals surface area (Å²) >= 11 is 6.28. The molecule has 0 saturated carbocycles. The fraction of sp³-hybridized carbons (Fsp3) is 0.333. The number of nitrogens with one attached hydrogen (secondary N) is 1. The molecule has 2 aromatic carbocycles. The molecular weight excluding hydrogens is 394 g/mol. The zero-order chi connectivity index (χ0) is 20.8. The number of piperazine rings is 1. The third-order valence-corrected chi connectivity index (χ3v) is 5.13. The van der Waals surface area contributed by atoms with E-state index in [1.54, 1.807) is 18.2 Å². The van der Waals surface area contributed by atoms with Crippen LogP contribution in [0.5, 0.6) is 11.5 Å². The van der Waals surface area contributed by atoms with Crippen molar-refractivity contribution in [2.24, 2.45) is 0 Å². The number of methoxy groups -OCH3 is 1. The summed E-state index contributed by atoms with van der Waals surface area (Å²) in [4.78, 5) is 28.3. The second kappa shape index (κ2) is 9.52. The van der Waals surface area contributed by atoms with E-state index >= 15 is 0 Å². The van der Waals surface area contributed by atoms with Crippen LogP contribution in [0.2, 0.25) is 5.02 Å². The number of carbonyl (C=O) groups excluding carboxylic acids is 2. The number of benzene rings is 2. The van der Waals surface area contributed by atoms with Gasteiger partial charge in [0.2, 0.25) is 0 Å². The average molecular weight is 418 g/mol. The number of hydrogen-bond acceptors (Lipinski definition) is 5. The van der Waals surface area contributed by atoms with Crippen molar-refractivity contribution >= 4 is 29.1 Å². The SMILES string of the molecule is CNC(=O)COc1ccc(C(=O)N2CCN(c3ccccc3Cl)CC2)cc1OC. The smallest absolute Gasteiger partial charge is 0.257 e. The number of rotatable bonds is 6. The lowest BCUT2D eigenvalue weighted by molar-refractivity contribution is -0.122. The van der Waals surface area contributed by atoms with Crippen LogP contribution in [0.25, 0.3) is 0 Å². The molecule has 0 spiro atoms. The largest absolute Gasteiger partial charge is 0.493 e. The highest BCUT2D eigenvalue weighted by molar-refractivity contribution is 6.33. The molecule has 3 rings (SSSR count). The van der Waals surface area contributed by atoms with Crippen molar-refractivity contribution in [3.05, 3.63) is 53.1 Å². The molecule has 1 N–H and O–H groups in total. The van der Waals surface area contributed by atoms with E-state index in [0.717, 1.165) is 5.69 Å². The van der Waals surface area contributed by atoms with Gasteiger partial charge in [0, 0.05) is 38.8 Å². The molecule has 29 heavy (non-hydrogen) atoms. The predicted octanol–water partition coefficient (Wildman–Crippen LogP) is 2.44. The summed E-state index contributed by atoms with van der Waals surface area (Å²) in [5.41, 5.74) is 1.50. The van der Waals surface area contributed by atoms with E-state index in [4.69, 9.17) is 21.1 Å². The number of nitrogens with zero attached hydrogens (tertiary/aromatic N) is 2. The summed E-state index contributed by atoms with van der Waals surface area (Å²) in [7, 11) is 3.04. The molecule has 1 fully saturated rings. The summed E-state index contributed by atoms with van der Waals surface area (Å²) in [5, 5.41) is 3.20. The van der Waals surface area contributed by atoms with Crippen molar-refractivity contribution in [1.82, 2.24) is 10.2 Å².